The Kier molecular flexibility index (Phi) is 9.08. The first-order valence-corrected chi connectivity index (χ1v) is 14.8. The molecular weight excluding hydrogens is 548 g/mol. The predicted octanol–water partition coefficient (Wildman–Crippen LogP) is 0.00220. The number of nitrogen functional groups attached to an aromatic ring is 1. The van der Waals surface area contributed by atoms with Crippen LogP contribution in [0.25, 0.3) is 11.2 Å². The Morgan fingerprint density at radius 3 is 2.55 bits per heavy atom. The number of hydrogen-bond acceptors (Lipinski definition) is 11. The number of hydrogen-bond donors (Lipinski definition) is 5. The molecule has 3 amide bonds. The van der Waals surface area contributed by atoms with Crippen molar-refractivity contribution in [2.45, 2.75) is 95.5 Å². The van der Waals surface area contributed by atoms with E-state index in [1.165, 1.54) is 10.9 Å². The number of piperidine rings is 1. The number of aryl methyl sites for hydroxylation is 1. The highest BCUT2D eigenvalue weighted by Gasteiger charge is 2.48. The van der Waals surface area contributed by atoms with Crippen LogP contribution in [0.4, 0.5) is 10.6 Å². The summed E-state index contributed by atoms with van der Waals surface area (Å²) < 4.78 is 12.5. The van der Waals surface area contributed by atoms with Gasteiger partial charge in [0.1, 0.15) is 23.5 Å². The highest BCUT2D eigenvalue weighted by molar-refractivity contribution is 5.88. The monoisotopic (exact) mass is 588 g/mol. The molecule has 0 aromatic carbocycles. The van der Waals surface area contributed by atoms with E-state index in [0.29, 0.717) is 49.0 Å². The van der Waals surface area contributed by atoms with Gasteiger partial charge in [0.25, 0.3) is 11.8 Å². The largest absolute Gasteiger partial charge is 0.434 e. The topological polar surface area (TPSA) is 207 Å². The first-order chi connectivity index (χ1) is 20.3. The Bertz CT molecular complexity index is 1290. The quantitative estimate of drug-likeness (QED) is 0.259. The third kappa shape index (κ3) is 6.27. The number of β-lactam (4-membered cyclic amide) rings is 1. The number of fused-ring (bicyclic) bond motifs is 1. The van der Waals surface area contributed by atoms with Gasteiger partial charge in [-0.05, 0) is 44.4 Å². The third-order valence-corrected chi connectivity index (χ3v) is 8.07. The molecule has 2 aromatic rings. The van der Waals surface area contributed by atoms with Crippen molar-refractivity contribution in [2.24, 2.45) is 5.92 Å². The van der Waals surface area contributed by atoms with Gasteiger partial charge in [-0.15, -0.1) is 0 Å². The fourth-order valence-electron chi connectivity index (χ4n) is 5.41. The van der Waals surface area contributed by atoms with Crippen molar-refractivity contribution in [1.82, 2.24) is 35.1 Å². The number of rotatable bonds is 8. The molecule has 6 N–H and O–H groups in total. The van der Waals surface area contributed by atoms with E-state index in [1.807, 2.05) is 13.8 Å². The zero-order valence-corrected chi connectivity index (χ0v) is 23.9. The van der Waals surface area contributed by atoms with Crippen molar-refractivity contribution in [1.29, 1.82) is 0 Å². The molecule has 1 saturated carbocycles. The minimum atomic E-state index is -1.40. The summed E-state index contributed by atoms with van der Waals surface area (Å²) in [6.45, 7) is 5.54. The predicted molar refractivity (Wildman–Crippen MR) is 149 cm³/mol. The summed E-state index contributed by atoms with van der Waals surface area (Å²) in [6, 6.07) is 0.0920. The van der Waals surface area contributed by atoms with Gasteiger partial charge in [-0.3, -0.25) is 14.2 Å². The third-order valence-electron chi connectivity index (χ3n) is 8.07. The lowest BCUT2D eigenvalue weighted by atomic mass is 9.91. The minimum absolute atomic E-state index is 0.0920. The molecule has 4 aliphatic rings. The molecule has 42 heavy (non-hydrogen) atoms. The fraction of sp³-hybridized carbons (Fsp3) is 0.704. The van der Waals surface area contributed by atoms with Gasteiger partial charge in [0.15, 0.2) is 29.9 Å². The number of nitrogens with one attached hydrogen (secondary N) is 2. The van der Waals surface area contributed by atoms with Crippen LogP contribution >= 0.6 is 0 Å². The Balaban J connectivity index is 0.00000173. The lowest BCUT2D eigenvalue weighted by molar-refractivity contribution is -0.138. The van der Waals surface area contributed by atoms with Crippen molar-refractivity contribution < 1.29 is 34.1 Å². The van der Waals surface area contributed by atoms with Crippen LogP contribution in [0.2, 0.25) is 0 Å². The van der Waals surface area contributed by atoms with E-state index in [4.69, 9.17) is 15.2 Å². The van der Waals surface area contributed by atoms with Crippen LogP contribution < -0.4 is 16.4 Å². The molecular formula is C27H40N8O7. The van der Waals surface area contributed by atoms with Gasteiger partial charge in [0.2, 0.25) is 0 Å². The molecule has 2 unspecified atom stereocenters. The molecule has 6 rings (SSSR count). The number of anilines is 1. The van der Waals surface area contributed by atoms with Gasteiger partial charge in [0, 0.05) is 25.6 Å². The maximum atomic E-state index is 12.5. The smallest absolute Gasteiger partial charge is 0.410 e. The fourth-order valence-corrected chi connectivity index (χ4v) is 5.41. The van der Waals surface area contributed by atoms with Crippen molar-refractivity contribution in [3.05, 3.63) is 12.2 Å². The molecule has 4 fully saturated rings. The van der Waals surface area contributed by atoms with Crippen LogP contribution in [0.5, 0.6) is 0 Å². The molecule has 3 saturated heterocycles. The Hall–Kier alpha value is -3.56. The van der Waals surface area contributed by atoms with Gasteiger partial charge in [0.05, 0.1) is 12.9 Å². The van der Waals surface area contributed by atoms with Crippen LogP contribution in [0.3, 0.4) is 0 Å². The second-order valence-electron chi connectivity index (χ2n) is 11.0. The molecule has 1 aliphatic carbocycles. The van der Waals surface area contributed by atoms with E-state index in [2.05, 4.69) is 25.6 Å². The lowest BCUT2D eigenvalue weighted by Gasteiger charge is -2.33. The van der Waals surface area contributed by atoms with Gasteiger partial charge >= 0.3 is 6.09 Å². The highest BCUT2D eigenvalue weighted by atomic mass is 16.6. The number of aliphatic hydroxyl groups is 2. The summed E-state index contributed by atoms with van der Waals surface area (Å²) in [5.41, 5.74) is 6.87. The number of aromatic nitrogens is 4. The number of nitrogens with two attached hydrogens (primary N) is 1. The summed E-state index contributed by atoms with van der Waals surface area (Å²) >= 11 is 0. The number of ether oxygens (including phenoxy) is 2. The molecule has 2 aromatic heterocycles. The SMILES string of the molecule is CC.Nc1nc(CCCC2CCN(C(=O)OC3CNC3=O)CC2)nc2c1ncn2[C@@H]1O[C@H](C(=O)NC2CC2)C(O)[C@@H]1O. The van der Waals surface area contributed by atoms with Crippen molar-refractivity contribution >= 4 is 34.9 Å². The first-order valence-electron chi connectivity index (χ1n) is 14.8. The number of imidazole rings is 1. The summed E-state index contributed by atoms with van der Waals surface area (Å²) in [5, 5.41) is 26.5. The maximum absolute atomic E-state index is 12.5. The van der Waals surface area contributed by atoms with E-state index in [1.54, 1.807) is 4.90 Å². The first kappa shape index (κ1) is 29.9. The van der Waals surface area contributed by atoms with Gasteiger partial charge < -0.3 is 41.0 Å². The lowest BCUT2D eigenvalue weighted by Crippen LogP contribution is -2.56. The molecule has 15 nitrogen and oxygen atoms in total. The Morgan fingerprint density at radius 1 is 1.17 bits per heavy atom. The maximum Gasteiger partial charge on any atom is 0.410 e. The number of carbonyl (C=O) groups is 3. The van der Waals surface area contributed by atoms with Crippen LogP contribution in [0.15, 0.2) is 6.33 Å². The molecule has 230 valence electrons. The molecule has 0 spiro atoms. The van der Waals surface area contributed by atoms with Gasteiger partial charge in [-0.25, -0.2) is 19.7 Å². The number of likely N-dealkylation sites (tertiary alicyclic amines) is 1. The van der Waals surface area contributed by atoms with Gasteiger partial charge in [-0.2, -0.15) is 0 Å². The van der Waals surface area contributed by atoms with Crippen LogP contribution in [-0.4, -0.2) is 103 Å². The average Bonchev–Trinajstić information content (AvgIpc) is 3.63. The van der Waals surface area contributed by atoms with Gasteiger partial charge in [-0.1, -0.05) is 13.8 Å². The molecule has 0 radical (unpaired) electrons. The van der Waals surface area contributed by atoms with E-state index < -0.39 is 42.6 Å². The van der Waals surface area contributed by atoms with Crippen molar-refractivity contribution in [2.75, 3.05) is 25.4 Å². The Labute approximate surface area is 243 Å². The Morgan fingerprint density at radius 2 is 1.90 bits per heavy atom. The standard InChI is InChI=1S/C25H34N8O7.C2H6/c26-20-16-21(33(11-28-16)24-18(35)17(34)19(40-24)23(37)29-13-4-5-13)31-15(30-20)3-1-2-12-6-8-32(9-7-12)25(38)39-14-10-27-22(14)36;1-2/h11-14,17-19,24,34-35H,1-10H2,(H,27,36)(H,29,37)(H2,26,30,31);1-2H3/t14?,17?,18-,19-,24+;/m0./s1. The molecule has 5 heterocycles. The molecule has 3 aliphatic heterocycles. The van der Waals surface area contributed by atoms with Crippen molar-refractivity contribution in [3.8, 4) is 0 Å². The molecule has 15 heteroatoms. The summed E-state index contributed by atoms with van der Waals surface area (Å²) in [5.74, 6) is 0.441. The zero-order chi connectivity index (χ0) is 30.0. The molecule has 5 atom stereocenters. The van der Waals surface area contributed by atoms with E-state index in [-0.39, 0.29) is 17.8 Å². The van der Waals surface area contributed by atoms with Crippen LogP contribution in [0.1, 0.15) is 64.4 Å². The number of amides is 3. The zero-order valence-electron chi connectivity index (χ0n) is 23.9. The van der Waals surface area contributed by atoms with E-state index >= 15 is 0 Å². The summed E-state index contributed by atoms with van der Waals surface area (Å²) in [4.78, 5) is 51.0. The minimum Gasteiger partial charge on any atom is -0.434 e. The number of aliphatic hydroxyl groups excluding tert-OH is 2. The van der Waals surface area contributed by atoms with E-state index in [0.717, 1.165) is 38.5 Å². The highest BCUT2D eigenvalue weighted by Crippen LogP contribution is 2.33. The normalized spacial score (nSPS) is 27.6. The summed E-state index contributed by atoms with van der Waals surface area (Å²) in [7, 11) is 0. The van der Waals surface area contributed by atoms with Crippen LogP contribution in [0, 0.1) is 5.92 Å². The van der Waals surface area contributed by atoms with Crippen LogP contribution in [-0.2, 0) is 25.5 Å². The number of carbonyl (C=O) groups excluding carboxylic acids is 3. The summed E-state index contributed by atoms with van der Waals surface area (Å²) in [6.07, 6.45) is 1.03. The second-order valence-corrected chi connectivity index (χ2v) is 11.0. The number of nitrogens with zero attached hydrogens (tertiary/aromatic N) is 5. The average molecular weight is 589 g/mol. The van der Waals surface area contributed by atoms with E-state index in [9.17, 15) is 24.6 Å². The molecule has 0 bridgehead atoms. The van der Waals surface area contributed by atoms with Crippen molar-refractivity contribution in [3.63, 3.8) is 0 Å². The second kappa shape index (κ2) is 12.8.